The van der Waals surface area contributed by atoms with E-state index in [9.17, 15) is 8.42 Å². The summed E-state index contributed by atoms with van der Waals surface area (Å²) in [6.45, 7) is 2.27. The molecule has 25 heavy (non-hydrogen) atoms. The number of methoxy groups -OCH3 is 1. The van der Waals surface area contributed by atoms with E-state index in [2.05, 4.69) is 15.0 Å². The maximum atomic E-state index is 12.0. The molecule has 0 amide bonds. The minimum Gasteiger partial charge on any atom is -0.497 e. The highest BCUT2D eigenvalue weighted by atomic mass is 127. The molecule has 0 bridgehead atoms. The Bertz CT molecular complexity index is 804. The van der Waals surface area contributed by atoms with Crippen LogP contribution < -0.4 is 20.5 Å². The Morgan fingerprint density at radius 3 is 2.48 bits per heavy atom. The Kier molecular flexibility index (Phi) is 8.62. The lowest BCUT2D eigenvalue weighted by Crippen LogP contribution is -2.28. The van der Waals surface area contributed by atoms with Crippen LogP contribution in [-0.4, -0.2) is 34.6 Å². The van der Waals surface area contributed by atoms with Crippen LogP contribution in [-0.2, 0) is 10.0 Å². The van der Waals surface area contributed by atoms with Gasteiger partial charge in [-0.3, -0.25) is 4.99 Å². The number of thiophene rings is 1. The third-order valence-electron chi connectivity index (χ3n) is 3.03. The van der Waals surface area contributed by atoms with E-state index in [0.29, 0.717) is 4.21 Å². The van der Waals surface area contributed by atoms with Gasteiger partial charge in [0.1, 0.15) is 9.96 Å². The topological polar surface area (TPSA) is 106 Å². The Morgan fingerprint density at radius 2 is 1.92 bits per heavy atom. The van der Waals surface area contributed by atoms with Gasteiger partial charge < -0.3 is 15.8 Å². The van der Waals surface area contributed by atoms with Gasteiger partial charge in [0.25, 0.3) is 0 Å². The molecular formula is C15H21IN4O3S2. The maximum Gasteiger partial charge on any atom is 0.250 e. The molecule has 0 saturated carbocycles. The van der Waals surface area contributed by atoms with E-state index in [1.807, 2.05) is 19.1 Å². The summed E-state index contributed by atoms with van der Waals surface area (Å²) >= 11 is 1.23. The summed E-state index contributed by atoms with van der Waals surface area (Å²) in [6, 6.07) is 10.6. The Labute approximate surface area is 168 Å². The van der Waals surface area contributed by atoms with E-state index in [1.54, 1.807) is 31.4 Å². The van der Waals surface area contributed by atoms with Gasteiger partial charge in [-0.1, -0.05) is 0 Å². The van der Waals surface area contributed by atoms with Crippen LogP contribution in [0.15, 0.2) is 45.6 Å². The number of rotatable bonds is 7. The fourth-order valence-electron chi connectivity index (χ4n) is 1.85. The number of guanidine groups is 1. The molecule has 0 saturated heterocycles. The van der Waals surface area contributed by atoms with E-state index in [1.165, 1.54) is 11.3 Å². The number of hydrogen-bond acceptors (Lipinski definition) is 5. The molecule has 0 radical (unpaired) electrons. The molecule has 0 aliphatic heterocycles. The molecule has 10 heteroatoms. The second-order valence-electron chi connectivity index (χ2n) is 4.88. The molecule has 1 aromatic carbocycles. The van der Waals surface area contributed by atoms with Gasteiger partial charge in [-0.15, -0.1) is 35.3 Å². The van der Waals surface area contributed by atoms with Crippen LogP contribution in [0.5, 0.6) is 5.75 Å². The Hall–Kier alpha value is -1.37. The van der Waals surface area contributed by atoms with Crippen molar-refractivity contribution in [1.82, 2.24) is 4.72 Å². The van der Waals surface area contributed by atoms with E-state index in [4.69, 9.17) is 10.5 Å². The zero-order chi connectivity index (χ0) is 17.6. The normalized spacial score (nSPS) is 11.7. The SMILES string of the molecule is COc1ccc(NC(N)=NCCNS(=O)(=O)c2ccc(C)s2)cc1.I. The first kappa shape index (κ1) is 21.7. The fraction of sp³-hybridized carbons (Fsp3) is 0.267. The molecule has 7 nitrogen and oxygen atoms in total. The average molecular weight is 496 g/mol. The first-order valence-electron chi connectivity index (χ1n) is 7.18. The Balaban J connectivity index is 0.00000312. The summed E-state index contributed by atoms with van der Waals surface area (Å²) in [5.74, 6) is 0.959. The number of nitrogens with one attached hydrogen (secondary N) is 2. The van der Waals surface area contributed by atoms with Crippen molar-refractivity contribution in [3.05, 3.63) is 41.3 Å². The van der Waals surface area contributed by atoms with Gasteiger partial charge in [0.15, 0.2) is 5.96 Å². The number of ether oxygens (including phenoxy) is 1. The summed E-state index contributed by atoms with van der Waals surface area (Å²) in [4.78, 5) is 5.04. The summed E-state index contributed by atoms with van der Waals surface area (Å²) < 4.78 is 31.9. The smallest absolute Gasteiger partial charge is 0.250 e. The molecule has 0 spiro atoms. The van der Waals surface area contributed by atoms with Gasteiger partial charge in [-0.2, -0.15) is 0 Å². The fourth-order valence-corrected chi connectivity index (χ4v) is 4.19. The number of nitrogens with two attached hydrogens (primary N) is 1. The van der Waals surface area contributed by atoms with Gasteiger partial charge in [0.2, 0.25) is 10.0 Å². The number of anilines is 1. The molecule has 4 N–H and O–H groups in total. The molecule has 0 unspecified atom stereocenters. The van der Waals surface area contributed by atoms with Crippen LogP contribution in [0.4, 0.5) is 5.69 Å². The van der Waals surface area contributed by atoms with Crippen LogP contribution in [0.25, 0.3) is 0 Å². The minimum absolute atomic E-state index is 0. The molecule has 0 aliphatic carbocycles. The molecule has 1 heterocycles. The highest BCUT2D eigenvalue weighted by Gasteiger charge is 2.14. The van der Waals surface area contributed by atoms with Crippen molar-refractivity contribution in [1.29, 1.82) is 0 Å². The van der Waals surface area contributed by atoms with Crippen LogP contribution in [0, 0.1) is 6.92 Å². The third kappa shape index (κ3) is 6.80. The molecule has 1 aromatic heterocycles. The number of sulfonamides is 1. The zero-order valence-electron chi connectivity index (χ0n) is 13.9. The van der Waals surface area contributed by atoms with Crippen molar-refractivity contribution in [2.45, 2.75) is 11.1 Å². The highest BCUT2D eigenvalue weighted by molar-refractivity contribution is 14.0. The van der Waals surface area contributed by atoms with Gasteiger partial charge in [-0.05, 0) is 43.3 Å². The van der Waals surface area contributed by atoms with Crippen molar-refractivity contribution in [2.75, 3.05) is 25.5 Å². The summed E-state index contributed by atoms with van der Waals surface area (Å²) in [6.07, 6.45) is 0. The number of aryl methyl sites for hydroxylation is 1. The monoisotopic (exact) mass is 496 g/mol. The summed E-state index contributed by atoms with van der Waals surface area (Å²) in [5, 5.41) is 2.92. The van der Waals surface area contributed by atoms with Crippen molar-refractivity contribution in [3.63, 3.8) is 0 Å². The summed E-state index contributed by atoms with van der Waals surface area (Å²) in [7, 11) is -1.89. The lowest BCUT2D eigenvalue weighted by Gasteiger charge is -2.07. The predicted octanol–water partition coefficient (Wildman–Crippen LogP) is 2.39. The van der Waals surface area contributed by atoms with Crippen LogP contribution in [0.3, 0.4) is 0 Å². The first-order chi connectivity index (χ1) is 11.4. The predicted molar refractivity (Wildman–Crippen MR) is 113 cm³/mol. The van der Waals surface area contributed by atoms with E-state index < -0.39 is 10.0 Å². The van der Waals surface area contributed by atoms with E-state index in [0.717, 1.165) is 16.3 Å². The molecule has 2 aromatic rings. The van der Waals surface area contributed by atoms with Gasteiger partial charge >= 0.3 is 0 Å². The molecule has 2 rings (SSSR count). The number of hydrogen-bond donors (Lipinski definition) is 3. The minimum atomic E-state index is -3.48. The van der Waals surface area contributed by atoms with Crippen molar-refractivity contribution in [3.8, 4) is 5.75 Å². The standard InChI is InChI=1S/C15H20N4O3S2.HI/c1-11-3-8-14(23-11)24(20,21)18-10-9-17-15(16)19-12-4-6-13(22-2)7-5-12;/h3-8,18H,9-10H2,1-2H3,(H3,16,17,19);1H. The van der Waals surface area contributed by atoms with E-state index in [-0.39, 0.29) is 43.0 Å². The van der Waals surface area contributed by atoms with Crippen molar-refractivity contribution in [2.24, 2.45) is 10.7 Å². The quantitative estimate of drug-likeness (QED) is 0.236. The number of benzene rings is 1. The van der Waals surface area contributed by atoms with Crippen LogP contribution in [0.1, 0.15) is 4.88 Å². The molecule has 0 aliphatic rings. The number of halogens is 1. The van der Waals surface area contributed by atoms with Crippen molar-refractivity contribution < 1.29 is 13.2 Å². The first-order valence-corrected chi connectivity index (χ1v) is 9.48. The Morgan fingerprint density at radius 1 is 1.24 bits per heavy atom. The molecule has 0 atom stereocenters. The van der Waals surface area contributed by atoms with Crippen molar-refractivity contribution >= 4 is 57.0 Å². The molecular weight excluding hydrogens is 475 g/mol. The second-order valence-corrected chi connectivity index (χ2v) is 8.17. The molecule has 138 valence electrons. The lowest BCUT2D eigenvalue weighted by atomic mass is 10.3. The second kappa shape index (κ2) is 9.94. The van der Waals surface area contributed by atoms with Gasteiger partial charge in [0.05, 0.1) is 13.7 Å². The zero-order valence-corrected chi connectivity index (χ0v) is 17.8. The third-order valence-corrected chi connectivity index (χ3v) is 5.98. The molecule has 0 fully saturated rings. The average Bonchev–Trinajstić information content (AvgIpc) is 3.00. The van der Waals surface area contributed by atoms with Gasteiger partial charge in [-0.25, -0.2) is 13.1 Å². The van der Waals surface area contributed by atoms with Crippen LogP contribution >= 0.6 is 35.3 Å². The lowest BCUT2D eigenvalue weighted by molar-refractivity contribution is 0.415. The van der Waals surface area contributed by atoms with Crippen LogP contribution in [0.2, 0.25) is 0 Å². The van der Waals surface area contributed by atoms with Gasteiger partial charge in [0, 0.05) is 17.1 Å². The number of aliphatic imine (C=N–C) groups is 1. The maximum absolute atomic E-state index is 12.0. The largest absolute Gasteiger partial charge is 0.497 e. The van der Waals surface area contributed by atoms with E-state index >= 15 is 0 Å². The summed E-state index contributed by atoms with van der Waals surface area (Å²) in [5.41, 5.74) is 6.54. The highest BCUT2D eigenvalue weighted by Crippen LogP contribution is 2.20. The number of nitrogens with zero attached hydrogens (tertiary/aromatic N) is 1.